The van der Waals surface area contributed by atoms with E-state index >= 15 is 0 Å². The summed E-state index contributed by atoms with van der Waals surface area (Å²) in [6.07, 6.45) is 0. The molecule has 90 valence electrons. The highest BCUT2D eigenvalue weighted by Crippen LogP contribution is 2.32. The van der Waals surface area contributed by atoms with Gasteiger partial charge >= 0.3 is 0 Å². The molecule has 0 saturated carbocycles. The van der Waals surface area contributed by atoms with E-state index in [1.165, 1.54) is 24.5 Å². The van der Waals surface area contributed by atoms with Crippen LogP contribution in [-0.4, -0.2) is 7.05 Å². The van der Waals surface area contributed by atoms with E-state index in [1.54, 1.807) is 0 Å². The van der Waals surface area contributed by atoms with Crippen LogP contribution >= 0.6 is 33.9 Å². The molecule has 0 amide bonds. The molecule has 1 unspecified atom stereocenters. The van der Waals surface area contributed by atoms with Gasteiger partial charge in [-0.3, -0.25) is 0 Å². The molecule has 2 aromatic rings. The SMILES string of the molecule is CNC(c1ccccc1I)c1cc(C)sc1C. The van der Waals surface area contributed by atoms with Gasteiger partial charge in [-0.15, -0.1) is 11.3 Å². The molecular formula is C14H16INS. The van der Waals surface area contributed by atoms with Gasteiger partial charge in [0.1, 0.15) is 0 Å². The van der Waals surface area contributed by atoms with Crippen molar-refractivity contribution >= 4 is 33.9 Å². The van der Waals surface area contributed by atoms with Crippen LogP contribution in [0.4, 0.5) is 0 Å². The summed E-state index contributed by atoms with van der Waals surface area (Å²) in [7, 11) is 2.03. The van der Waals surface area contributed by atoms with Gasteiger partial charge in [-0.2, -0.15) is 0 Å². The summed E-state index contributed by atoms with van der Waals surface area (Å²) in [5.41, 5.74) is 2.76. The van der Waals surface area contributed by atoms with Gasteiger partial charge in [0.15, 0.2) is 0 Å². The highest BCUT2D eigenvalue weighted by molar-refractivity contribution is 14.1. The quantitative estimate of drug-likeness (QED) is 0.809. The smallest absolute Gasteiger partial charge is 0.0595 e. The Kier molecular flexibility index (Phi) is 4.22. The van der Waals surface area contributed by atoms with E-state index in [0.29, 0.717) is 6.04 Å². The Morgan fingerprint density at radius 3 is 2.41 bits per heavy atom. The monoisotopic (exact) mass is 357 g/mol. The van der Waals surface area contributed by atoms with Crippen molar-refractivity contribution in [1.82, 2.24) is 5.32 Å². The van der Waals surface area contributed by atoms with Crippen LogP contribution in [0, 0.1) is 17.4 Å². The van der Waals surface area contributed by atoms with Crippen LogP contribution in [0.5, 0.6) is 0 Å². The van der Waals surface area contributed by atoms with E-state index < -0.39 is 0 Å². The number of thiophene rings is 1. The summed E-state index contributed by atoms with van der Waals surface area (Å²) in [5.74, 6) is 0. The molecular weight excluding hydrogens is 341 g/mol. The Morgan fingerprint density at radius 1 is 1.18 bits per heavy atom. The molecule has 0 radical (unpaired) electrons. The topological polar surface area (TPSA) is 12.0 Å². The minimum absolute atomic E-state index is 0.299. The molecule has 2 rings (SSSR count). The Balaban J connectivity index is 2.47. The maximum absolute atomic E-state index is 3.43. The first kappa shape index (κ1) is 13.1. The summed E-state index contributed by atoms with van der Waals surface area (Å²) >= 11 is 4.28. The van der Waals surface area contributed by atoms with Crippen LogP contribution in [0.1, 0.15) is 26.9 Å². The van der Waals surface area contributed by atoms with Gasteiger partial charge in [0.2, 0.25) is 0 Å². The molecule has 1 aromatic heterocycles. The molecule has 1 nitrogen and oxygen atoms in total. The van der Waals surface area contributed by atoms with Gasteiger partial charge in [0, 0.05) is 13.3 Å². The number of rotatable bonds is 3. The minimum atomic E-state index is 0.299. The van der Waals surface area contributed by atoms with Gasteiger partial charge < -0.3 is 5.32 Å². The summed E-state index contributed by atoms with van der Waals surface area (Å²) < 4.78 is 1.31. The number of hydrogen-bond donors (Lipinski definition) is 1. The van der Waals surface area contributed by atoms with Gasteiger partial charge in [-0.05, 0) is 66.7 Å². The first-order valence-corrected chi connectivity index (χ1v) is 7.51. The number of aryl methyl sites for hydroxylation is 2. The van der Waals surface area contributed by atoms with Crippen molar-refractivity contribution in [3.8, 4) is 0 Å². The summed E-state index contributed by atoms with van der Waals surface area (Å²) in [6, 6.07) is 11.2. The fourth-order valence-corrected chi connectivity index (χ4v) is 3.79. The Hall–Kier alpha value is -0.390. The van der Waals surface area contributed by atoms with Crippen molar-refractivity contribution in [3.63, 3.8) is 0 Å². The molecule has 1 aromatic carbocycles. The number of benzene rings is 1. The maximum atomic E-state index is 3.43. The predicted molar refractivity (Wildman–Crippen MR) is 83.9 cm³/mol. The predicted octanol–water partition coefficient (Wildman–Crippen LogP) is 4.28. The zero-order chi connectivity index (χ0) is 12.4. The van der Waals surface area contributed by atoms with Crippen molar-refractivity contribution in [3.05, 3.63) is 54.8 Å². The van der Waals surface area contributed by atoms with Crippen LogP contribution in [0.15, 0.2) is 30.3 Å². The number of hydrogen-bond acceptors (Lipinski definition) is 2. The summed E-state index contributed by atoms with van der Waals surface area (Å²) in [4.78, 5) is 2.78. The molecule has 0 bridgehead atoms. The van der Waals surface area contributed by atoms with E-state index in [-0.39, 0.29) is 0 Å². The van der Waals surface area contributed by atoms with Gasteiger partial charge in [-0.1, -0.05) is 18.2 Å². The van der Waals surface area contributed by atoms with Crippen LogP contribution in [0.3, 0.4) is 0 Å². The zero-order valence-corrected chi connectivity index (χ0v) is 13.2. The third kappa shape index (κ3) is 2.72. The normalized spacial score (nSPS) is 12.7. The molecule has 0 spiro atoms. The lowest BCUT2D eigenvalue weighted by Gasteiger charge is -2.18. The lowest BCUT2D eigenvalue weighted by atomic mass is 9.99. The lowest BCUT2D eigenvalue weighted by Crippen LogP contribution is -2.18. The fraction of sp³-hybridized carbons (Fsp3) is 0.286. The molecule has 3 heteroatoms. The first-order valence-electron chi connectivity index (χ1n) is 5.62. The highest BCUT2D eigenvalue weighted by atomic mass is 127. The van der Waals surface area contributed by atoms with Crippen molar-refractivity contribution in [2.24, 2.45) is 0 Å². The summed E-state index contributed by atoms with van der Waals surface area (Å²) in [6.45, 7) is 4.37. The number of halogens is 1. The summed E-state index contributed by atoms with van der Waals surface area (Å²) in [5, 5.41) is 3.43. The molecule has 0 aliphatic heterocycles. The maximum Gasteiger partial charge on any atom is 0.0595 e. The molecule has 1 N–H and O–H groups in total. The van der Waals surface area contributed by atoms with Crippen LogP contribution in [0.25, 0.3) is 0 Å². The lowest BCUT2D eigenvalue weighted by molar-refractivity contribution is 0.687. The van der Waals surface area contributed by atoms with E-state index in [1.807, 2.05) is 18.4 Å². The average Bonchev–Trinajstić information content (AvgIpc) is 2.62. The number of nitrogens with one attached hydrogen (secondary N) is 1. The van der Waals surface area contributed by atoms with E-state index in [0.717, 1.165) is 0 Å². The van der Waals surface area contributed by atoms with Crippen LogP contribution < -0.4 is 5.32 Å². The van der Waals surface area contributed by atoms with Crippen molar-refractivity contribution < 1.29 is 0 Å². The second-order valence-electron chi connectivity index (χ2n) is 4.11. The van der Waals surface area contributed by atoms with Crippen molar-refractivity contribution in [1.29, 1.82) is 0 Å². The minimum Gasteiger partial charge on any atom is -0.309 e. The molecule has 1 atom stereocenters. The van der Waals surface area contributed by atoms with E-state index in [9.17, 15) is 0 Å². The van der Waals surface area contributed by atoms with E-state index in [2.05, 4.69) is 72.1 Å². The fourth-order valence-electron chi connectivity index (χ4n) is 2.12. The van der Waals surface area contributed by atoms with Crippen LogP contribution in [-0.2, 0) is 0 Å². The largest absolute Gasteiger partial charge is 0.309 e. The Labute approximate surface area is 120 Å². The molecule has 0 aliphatic rings. The van der Waals surface area contributed by atoms with Gasteiger partial charge in [-0.25, -0.2) is 0 Å². The zero-order valence-electron chi connectivity index (χ0n) is 10.3. The highest BCUT2D eigenvalue weighted by Gasteiger charge is 2.17. The Morgan fingerprint density at radius 2 is 1.88 bits per heavy atom. The van der Waals surface area contributed by atoms with Crippen molar-refractivity contribution in [2.75, 3.05) is 7.05 Å². The van der Waals surface area contributed by atoms with Crippen molar-refractivity contribution in [2.45, 2.75) is 19.9 Å². The second kappa shape index (κ2) is 5.50. The first-order chi connectivity index (χ1) is 8.13. The second-order valence-corrected chi connectivity index (χ2v) is 6.73. The van der Waals surface area contributed by atoms with Crippen LogP contribution in [0.2, 0.25) is 0 Å². The van der Waals surface area contributed by atoms with E-state index in [4.69, 9.17) is 0 Å². The third-order valence-corrected chi connectivity index (χ3v) is 4.86. The average molecular weight is 357 g/mol. The third-order valence-electron chi connectivity index (χ3n) is 2.90. The molecule has 0 fully saturated rings. The standard InChI is InChI=1S/C14H16INS/c1-9-8-12(10(2)17-9)14(16-3)11-6-4-5-7-13(11)15/h4-8,14,16H,1-3H3. The molecule has 17 heavy (non-hydrogen) atoms. The molecule has 0 aliphatic carbocycles. The Bertz CT molecular complexity index is 519. The molecule has 1 heterocycles. The molecule has 0 saturated heterocycles. The van der Waals surface area contributed by atoms with Gasteiger partial charge in [0.05, 0.1) is 6.04 Å². The van der Waals surface area contributed by atoms with Gasteiger partial charge in [0.25, 0.3) is 0 Å².